The van der Waals surface area contributed by atoms with Gasteiger partial charge in [-0.15, -0.1) is 0 Å². The van der Waals surface area contributed by atoms with Gasteiger partial charge in [-0.25, -0.2) is 0 Å². The lowest BCUT2D eigenvalue weighted by atomic mass is 10.2. The first-order chi connectivity index (χ1) is 7.34. The van der Waals surface area contributed by atoms with Crippen molar-refractivity contribution in [2.75, 3.05) is 0 Å². The summed E-state index contributed by atoms with van der Waals surface area (Å²) in [4.78, 5) is 27.8. The first-order valence-electron chi connectivity index (χ1n) is 3.64. The average molecular weight is 331 g/mol. The number of benzene rings is 1. The van der Waals surface area contributed by atoms with Crippen molar-refractivity contribution in [3.05, 3.63) is 42.5 Å². The van der Waals surface area contributed by atoms with Crippen molar-refractivity contribution in [2.45, 2.75) is 0 Å². The highest BCUT2D eigenvalue weighted by Gasteiger charge is 2.29. The summed E-state index contributed by atoms with van der Waals surface area (Å²) in [7, 11) is 0. The van der Waals surface area contributed by atoms with Gasteiger partial charge in [-0.2, -0.15) is 0 Å². The lowest BCUT2D eigenvalue weighted by Crippen LogP contribution is -1.97. The highest BCUT2D eigenvalue weighted by atomic mass is 16.6. The van der Waals surface area contributed by atoms with Gasteiger partial charge in [0.25, 0.3) is 11.4 Å². The van der Waals surface area contributed by atoms with Crippen molar-refractivity contribution < 1.29 is 19.9 Å². The number of hydrogen-bond acceptors (Lipinski definition) is 13. The average Bonchev–Trinajstić information content (AvgIpc) is 2.16. The number of phenolic OH excluding ortho intramolecular Hbond substituents is 1. The summed E-state index contributed by atoms with van der Waals surface area (Å²) < 4.78 is 0. The summed E-state index contributed by atoms with van der Waals surface area (Å²) in [5.74, 6) is -1.21. The van der Waals surface area contributed by atoms with Gasteiger partial charge in [0.05, 0.1) is 26.9 Å². The molecular weight excluding hydrogens is 310 g/mol. The van der Waals surface area contributed by atoms with Crippen molar-refractivity contribution in [2.24, 2.45) is 0 Å². The van der Waals surface area contributed by atoms with Crippen molar-refractivity contribution in [1.29, 1.82) is 0 Å². The number of nitro groups is 3. The molecule has 19 N–H and O–H groups in total. The minimum absolute atomic E-state index is 0. The van der Waals surface area contributed by atoms with Crippen LogP contribution in [-0.4, -0.2) is 19.9 Å². The lowest BCUT2D eigenvalue weighted by Gasteiger charge is -1.97. The maximum absolute atomic E-state index is 10.4. The van der Waals surface area contributed by atoms with E-state index in [1.165, 1.54) is 0 Å². The Morgan fingerprint density at radius 3 is 1.14 bits per heavy atom. The standard InChI is InChI=1S/C6H3N3O7.6H3N/c10-6-4(8(13)14)1-3(7(11)12)2-5(6)9(15)16;;;;;;/h1-2,10H;6*1H3. The summed E-state index contributed by atoms with van der Waals surface area (Å²) >= 11 is 0. The molecule has 16 nitrogen and oxygen atoms in total. The largest absolute Gasteiger partial charge is 0.497 e. The molecule has 0 amide bonds. The van der Waals surface area contributed by atoms with Crippen LogP contribution in [0.1, 0.15) is 0 Å². The van der Waals surface area contributed by atoms with Crippen LogP contribution in [0.3, 0.4) is 0 Å². The molecular formula is C6H21N9O7. The second-order valence-corrected chi connectivity index (χ2v) is 2.60. The van der Waals surface area contributed by atoms with Crippen LogP contribution in [0.15, 0.2) is 12.1 Å². The Balaban J connectivity index is -0.000000107. The molecule has 0 heterocycles. The number of rotatable bonds is 3. The molecule has 22 heavy (non-hydrogen) atoms. The number of nitro benzene ring substituents is 3. The van der Waals surface area contributed by atoms with Crippen LogP contribution in [0.2, 0.25) is 0 Å². The monoisotopic (exact) mass is 331 g/mol. The SMILES string of the molecule is N.N.N.N.N.N.O=[N+]([O-])c1cc([N+](=O)[O-])c(O)c([N+](=O)[O-])c1. The van der Waals surface area contributed by atoms with E-state index in [-0.39, 0.29) is 36.9 Å². The molecule has 0 atom stereocenters. The third-order valence-corrected chi connectivity index (χ3v) is 1.66. The van der Waals surface area contributed by atoms with Gasteiger partial charge in [0.2, 0.25) is 0 Å². The fraction of sp³-hybridized carbons (Fsp3) is 0. The molecule has 1 aromatic rings. The Morgan fingerprint density at radius 2 is 0.955 bits per heavy atom. The highest BCUT2D eigenvalue weighted by molar-refractivity contribution is 5.64. The van der Waals surface area contributed by atoms with Gasteiger partial charge in [0, 0.05) is 0 Å². The van der Waals surface area contributed by atoms with Gasteiger partial charge >= 0.3 is 11.4 Å². The van der Waals surface area contributed by atoms with E-state index in [1.54, 1.807) is 0 Å². The van der Waals surface area contributed by atoms with E-state index < -0.39 is 37.6 Å². The van der Waals surface area contributed by atoms with Crippen LogP contribution in [0, 0.1) is 30.3 Å². The number of nitrogens with zero attached hydrogens (tertiary/aromatic N) is 3. The van der Waals surface area contributed by atoms with Gasteiger partial charge in [-0.1, -0.05) is 0 Å². The second kappa shape index (κ2) is 13.0. The van der Waals surface area contributed by atoms with Gasteiger partial charge in [-0.3, -0.25) is 30.3 Å². The van der Waals surface area contributed by atoms with Crippen LogP contribution >= 0.6 is 0 Å². The molecule has 1 aromatic carbocycles. The van der Waals surface area contributed by atoms with Gasteiger partial charge < -0.3 is 42.0 Å². The van der Waals surface area contributed by atoms with E-state index in [4.69, 9.17) is 5.11 Å². The molecule has 1 rings (SSSR count). The van der Waals surface area contributed by atoms with Gasteiger partial charge in [0.15, 0.2) is 0 Å². The van der Waals surface area contributed by atoms with Crippen LogP contribution < -0.4 is 36.9 Å². The van der Waals surface area contributed by atoms with E-state index in [9.17, 15) is 30.3 Å². The Morgan fingerprint density at radius 1 is 0.682 bits per heavy atom. The summed E-state index contributed by atoms with van der Waals surface area (Å²) in [5, 5.41) is 40.2. The Kier molecular flexibility index (Phi) is 21.5. The second-order valence-electron chi connectivity index (χ2n) is 2.60. The molecule has 0 unspecified atom stereocenters. The van der Waals surface area contributed by atoms with Crippen LogP contribution in [0.5, 0.6) is 5.75 Å². The fourth-order valence-corrected chi connectivity index (χ4v) is 0.974. The molecule has 132 valence electrons. The Labute approximate surface area is 123 Å². The Bertz CT molecular complexity index is 472. The molecule has 0 spiro atoms. The van der Waals surface area contributed by atoms with E-state index in [1.807, 2.05) is 0 Å². The minimum Gasteiger partial charge on any atom is -0.497 e. The van der Waals surface area contributed by atoms with Crippen molar-refractivity contribution in [3.63, 3.8) is 0 Å². The predicted octanol–water partition coefficient (Wildman–Crippen LogP) is 2.09. The maximum Gasteiger partial charge on any atom is 0.324 e. The normalized spacial score (nSPS) is 7.09. The molecule has 0 bridgehead atoms. The van der Waals surface area contributed by atoms with Crippen LogP contribution in [0.4, 0.5) is 17.1 Å². The zero-order valence-electron chi connectivity index (χ0n) is 11.6. The zero-order chi connectivity index (χ0) is 12.5. The first-order valence-corrected chi connectivity index (χ1v) is 3.64. The summed E-state index contributed by atoms with van der Waals surface area (Å²) in [6, 6.07) is 0.894. The molecule has 0 fully saturated rings. The molecule has 0 radical (unpaired) electrons. The summed E-state index contributed by atoms with van der Waals surface area (Å²) in [5.41, 5.74) is -3.00. The molecule has 16 heteroatoms. The van der Waals surface area contributed by atoms with Gasteiger partial charge in [0.1, 0.15) is 0 Å². The van der Waals surface area contributed by atoms with Crippen molar-refractivity contribution >= 4 is 17.1 Å². The van der Waals surface area contributed by atoms with Crippen LogP contribution in [0.25, 0.3) is 0 Å². The van der Waals surface area contributed by atoms with Crippen LogP contribution in [-0.2, 0) is 0 Å². The topological polar surface area (TPSA) is 360 Å². The molecule has 0 aliphatic heterocycles. The number of aromatic hydroxyl groups is 1. The highest BCUT2D eigenvalue weighted by Crippen LogP contribution is 2.38. The molecule has 0 aliphatic rings. The molecule has 0 aliphatic carbocycles. The van der Waals surface area contributed by atoms with E-state index in [0.29, 0.717) is 12.1 Å². The van der Waals surface area contributed by atoms with E-state index in [2.05, 4.69) is 0 Å². The van der Waals surface area contributed by atoms with Gasteiger partial charge in [-0.05, 0) is 0 Å². The summed E-state index contributed by atoms with van der Waals surface area (Å²) in [6.07, 6.45) is 0. The van der Waals surface area contributed by atoms with Crippen molar-refractivity contribution in [3.8, 4) is 5.75 Å². The lowest BCUT2D eigenvalue weighted by molar-refractivity contribution is -0.404. The zero-order valence-corrected chi connectivity index (χ0v) is 11.6. The third-order valence-electron chi connectivity index (χ3n) is 1.66. The van der Waals surface area contributed by atoms with E-state index in [0.717, 1.165) is 0 Å². The quantitative estimate of drug-likeness (QED) is 0.308. The third kappa shape index (κ3) is 6.95. The van der Waals surface area contributed by atoms with Crippen molar-refractivity contribution in [1.82, 2.24) is 36.9 Å². The Hall–Kier alpha value is -3.02. The fourth-order valence-electron chi connectivity index (χ4n) is 0.974. The smallest absolute Gasteiger partial charge is 0.324 e. The predicted molar refractivity (Wildman–Crippen MR) is 78.2 cm³/mol. The number of non-ortho nitro benzene ring substituents is 1. The molecule has 0 saturated carbocycles. The summed E-state index contributed by atoms with van der Waals surface area (Å²) in [6.45, 7) is 0. The number of phenols is 1. The molecule has 0 saturated heterocycles. The molecule has 0 aromatic heterocycles. The van der Waals surface area contributed by atoms with E-state index >= 15 is 0 Å². The first kappa shape index (κ1) is 36.4. The minimum atomic E-state index is -1.21. The number of hydrogen-bond donors (Lipinski definition) is 7. The maximum atomic E-state index is 10.4.